The molecule has 4 heteroatoms. The Kier molecular flexibility index (Phi) is 7.89. The molecule has 0 saturated carbocycles. The van der Waals surface area contributed by atoms with Crippen molar-refractivity contribution in [1.82, 2.24) is 4.90 Å². The van der Waals surface area contributed by atoms with E-state index in [2.05, 4.69) is 49.9 Å². The van der Waals surface area contributed by atoms with Crippen LogP contribution in [-0.4, -0.2) is 51.0 Å². The number of nitrogens with two attached hydrogens (primary N) is 1. The number of aryl methyl sites for hydroxylation is 1. The van der Waals surface area contributed by atoms with Crippen molar-refractivity contribution in [3.8, 4) is 0 Å². The zero-order valence-corrected chi connectivity index (χ0v) is 14.0. The lowest BCUT2D eigenvalue weighted by molar-refractivity contribution is 0.0400. The maximum atomic E-state index is 6.30. The molecule has 0 heterocycles. The van der Waals surface area contributed by atoms with Gasteiger partial charge >= 0.3 is 0 Å². The highest BCUT2D eigenvalue weighted by atomic mass is 16.5. The van der Waals surface area contributed by atoms with Gasteiger partial charge in [0.1, 0.15) is 0 Å². The number of benzene rings is 1. The monoisotopic (exact) mass is 294 g/mol. The van der Waals surface area contributed by atoms with Crippen molar-refractivity contribution in [3.63, 3.8) is 0 Å². The standard InChI is InChI=1S/C17H30N2O2/c1-13-7-6-8-16(11-13)17(15(3)18)19(9-10-20-4)14(2)12-21-5/h6-8,11,14-15,17H,9-10,12,18H2,1-5H3. The minimum absolute atomic E-state index is 0.0305. The summed E-state index contributed by atoms with van der Waals surface area (Å²) in [4.78, 5) is 2.38. The summed E-state index contributed by atoms with van der Waals surface area (Å²) in [5, 5.41) is 0. The molecule has 120 valence electrons. The molecule has 0 saturated heterocycles. The first-order valence-electron chi connectivity index (χ1n) is 7.57. The molecule has 0 aliphatic rings. The summed E-state index contributed by atoms with van der Waals surface area (Å²) in [6.07, 6.45) is 0. The highest BCUT2D eigenvalue weighted by Crippen LogP contribution is 2.26. The topological polar surface area (TPSA) is 47.7 Å². The molecular formula is C17H30N2O2. The van der Waals surface area contributed by atoms with E-state index in [0.29, 0.717) is 13.2 Å². The Morgan fingerprint density at radius 3 is 2.43 bits per heavy atom. The van der Waals surface area contributed by atoms with Crippen LogP contribution in [0.4, 0.5) is 0 Å². The van der Waals surface area contributed by atoms with Crippen LogP contribution in [0.1, 0.15) is 31.0 Å². The molecule has 0 spiro atoms. The van der Waals surface area contributed by atoms with Gasteiger partial charge in [-0.25, -0.2) is 0 Å². The van der Waals surface area contributed by atoms with E-state index in [9.17, 15) is 0 Å². The SMILES string of the molecule is COCCN(C(C)COC)C(c1cccc(C)c1)C(C)N. The molecule has 3 unspecified atom stereocenters. The minimum atomic E-state index is 0.0305. The molecule has 0 fully saturated rings. The van der Waals surface area contributed by atoms with E-state index in [1.165, 1.54) is 11.1 Å². The zero-order chi connectivity index (χ0) is 15.8. The second kappa shape index (κ2) is 9.15. The molecule has 1 aromatic rings. The normalized spacial score (nSPS) is 16.0. The van der Waals surface area contributed by atoms with Crippen molar-refractivity contribution < 1.29 is 9.47 Å². The third kappa shape index (κ3) is 5.40. The molecule has 0 amide bonds. The Morgan fingerprint density at radius 1 is 1.19 bits per heavy atom. The lowest BCUT2D eigenvalue weighted by atomic mass is 9.96. The first kappa shape index (κ1) is 18.1. The van der Waals surface area contributed by atoms with Crippen LogP contribution in [0.15, 0.2) is 24.3 Å². The fourth-order valence-corrected chi connectivity index (χ4v) is 2.82. The van der Waals surface area contributed by atoms with Gasteiger partial charge in [-0.1, -0.05) is 29.8 Å². The molecule has 0 aromatic heterocycles. The largest absolute Gasteiger partial charge is 0.383 e. The second-order valence-corrected chi connectivity index (χ2v) is 5.75. The molecule has 3 atom stereocenters. The van der Waals surface area contributed by atoms with E-state index in [1.807, 2.05) is 0 Å². The van der Waals surface area contributed by atoms with Crippen LogP contribution in [0.25, 0.3) is 0 Å². The van der Waals surface area contributed by atoms with Gasteiger partial charge in [0.15, 0.2) is 0 Å². The maximum absolute atomic E-state index is 6.30. The first-order chi connectivity index (χ1) is 10.0. The predicted molar refractivity (Wildman–Crippen MR) is 87.5 cm³/mol. The molecule has 0 radical (unpaired) electrons. The molecule has 0 aliphatic carbocycles. The van der Waals surface area contributed by atoms with Crippen molar-refractivity contribution in [2.75, 3.05) is 34.0 Å². The van der Waals surface area contributed by atoms with Gasteiger partial charge < -0.3 is 15.2 Å². The van der Waals surface area contributed by atoms with E-state index in [-0.39, 0.29) is 18.1 Å². The van der Waals surface area contributed by atoms with Gasteiger partial charge in [0.25, 0.3) is 0 Å². The van der Waals surface area contributed by atoms with E-state index in [4.69, 9.17) is 15.2 Å². The minimum Gasteiger partial charge on any atom is -0.383 e. The average molecular weight is 294 g/mol. The molecule has 1 aromatic carbocycles. The van der Waals surface area contributed by atoms with Gasteiger partial charge in [-0.05, 0) is 26.3 Å². The molecule has 2 N–H and O–H groups in total. The fourth-order valence-electron chi connectivity index (χ4n) is 2.82. The summed E-state index contributed by atoms with van der Waals surface area (Å²) < 4.78 is 10.6. The average Bonchev–Trinajstić information content (AvgIpc) is 2.43. The number of nitrogens with zero attached hydrogens (tertiary/aromatic N) is 1. The number of rotatable bonds is 9. The Morgan fingerprint density at radius 2 is 1.90 bits per heavy atom. The molecular weight excluding hydrogens is 264 g/mol. The van der Waals surface area contributed by atoms with Gasteiger partial charge in [0.05, 0.1) is 19.3 Å². The Balaban J connectivity index is 3.06. The fraction of sp³-hybridized carbons (Fsp3) is 0.647. The Bertz CT molecular complexity index is 410. The number of ether oxygens (including phenoxy) is 2. The number of methoxy groups -OCH3 is 2. The van der Waals surface area contributed by atoms with Crippen LogP contribution in [0, 0.1) is 6.92 Å². The first-order valence-corrected chi connectivity index (χ1v) is 7.57. The second-order valence-electron chi connectivity index (χ2n) is 5.75. The summed E-state index contributed by atoms with van der Waals surface area (Å²) in [6, 6.07) is 9.04. The molecule has 0 bridgehead atoms. The predicted octanol–water partition coefficient (Wildman–Crippen LogP) is 2.37. The summed E-state index contributed by atoms with van der Waals surface area (Å²) >= 11 is 0. The molecule has 21 heavy (non-hydrogen) atoms. The van der Waals surface area contributed by atoms with Gasteiger partial charge in [-0.15, -0.1) is 0 Å². The van der Waals surface area contributed by atoms with Crippen LogP contribution >= 0.6 is 0 Å². The van der Waals surface area contributed by atoms with Crippen molar-refractivity contribution >= 4 is 0 Å². The van der Waals surface area contributed by atoms with Gasteiger partial charge in [-0.2, -0.15) is 0 Å². The van der Waals surface area contributed by atoms with Crippen LogP contribution < -0.4 is 5.73 Å². The lowest BCUT2D eigenvalue weighted by Crippen LogP contribution is -2.47. The highest BCUT2D eigenvalue weighted by Gasteiger charge is 2.27. The summed E-state index contributed by atoms with van der Waals surface area (Å²) in [5.74, 6) is 0. The van der Waals surface area contributed by atoms with Crippen LogP contribution in [-0.2, 0) is 9.47 Å². The van der Waals surface area contributed by atoms with Crippen LogP contribution in [0.3, 0.4) is 0 Å². The van der Waals surface area contributed by atoms with Crippen LogP contribution in [0.2, 0.25) is 0 Å². The Labute approximate surface area is 129 Å². The smallest absolute Gasteiger partial charge is 0.0615 e. The lowest BCUT2D eigenvalue weighted by Gasteiger charge is -2.38. The third-order valence-electron chi connectivity index (χ3n) is 3.77. The number of hydrogen-bond acceptors (Lipinski definition) is 4. The summed E-state index contributed by atoms with van der Waals surface area (Å²) in [7, 11) is 3.46. The van der Waals surface area contributed by atoms with E-state index < -0.39 is 0 Å². The highest BCUT2D eigenvalue weighted by molar-refractivity contribution is 5.26. The van der Waals surface area contributed by atoms with Gasteiger partial charge in [0, 0.05) is 32.8 Å². The molecule has 4 nitrogen and oxygen atoms in total. The number of hydrogen-bond donors (Lipinski definition) is 1. The van der Waals surface area contributed by atoms with Crippen molar-refractivity contribution in [2.24, 2.45) is 5.73 Å². The van der Waals surface area contributed by atoms with Gasteiger partial charge in [0.2, 0.25) is 0 Å². The zero-order valence-electron chi connectivity index (χ0n) is 14.0. The maximum Gasteiger partial charge on any atom is 0.0615 e. The van der Waals surface area contributed by atoms with E-state index in [0.717, 1.165) is 6.54 Å². The van der Waals surface area contributed by atoms with E-state index in [1.54, 1.807) is 14.2 Å². The quantitative estimate of drug-likeness (QED) is 0.759. The summed E-state index contributed by atoms with van der Waals surface area (Å²) in [5.41, 5.74) is 8.81. The third-order valence-corrected chi connectivity index (χ3v) is 3.77. The van der Waals surface area contributed by atoms with E-state index >= 15 is 0 Å². The van der Waals surface area contributed by atoms with Crippen molar-refractivity contribution in [2.45, 2.75) is 38.9 Å². The van der Waals surface area contributed by atoms with Crippen molar-refractivity contribution in [3.05, 3.63) is 35.4 Å². The van der Waals surface area contributed by atoms with Crippen LogP contribution in [0.5, 0.6) is 0 Å². The van der Waals surface area contributed by atoms with Gasteiger partial charge in [-0.3, -0.25) is 4.90 Å². The molecule has 0 aliphatic heterocycles. The van der Waals surface area contributed by atoms with Crippen molar-refractivity contribution in [1.29, 1.82) is 0 Å². The summed E-state index contributed by atoms with van der Waals surface area (Å²) in [6.45, 7) is 8.54. The Hall–Kier alpha value is -0.940. The molecule has 1 rings (SSSR count).